The number of hydrogen-bond acceptors (Lipinski definition) is 6. The summed E-state index contributed by atoms with van der Waals surface area (Å²) >= 11 is 5.04. The first-order valence-electron chi connectivity index (χ1n) is 7.04. The lowest BCUT2D eigenvalue weighted by molar-refractivity contribution is 0.746. The molecule has 114 valence electrons. The van der Waals surface area contributed by atoms with Crippen LogP contribution in [0.4, 0.5) is 5.00 Å². The minimum atomic E-state index is 0.131. The Hall–Kier alpha value is -1.39. The lowest BCUT2D eigenvalue weighted by Crippen LogP contribution is -2.17. The molecule has 0 fully saturated rings. The first-order chi connectivity index (χ1) is 10.7. The molecule has 3 nitrogen and oxygen atoms in total. The Balaban J connectivity index is 1.93. The first kappa shape index (κ1) is 15.5. The number of rotatable bonds is 5. The van der Waals surface area contributed by atoms with Crippen molar-refractivity contribution >= 4 is 49.4 Å². The van der Waals surface area contributed by atoms with Crippen LogP contribution in [0, 0.1) is 11.8 Å². The van der Waals surface area contributed by atoms with E-state index < -0.39 is 0 Å². The average molecular weight is 348 g/mol. The molecule has 0 radical (unpaired) electrons. The summed E-state index contributed by atoms with van der Waals surface area (Å²) in [5, 5.41) is 6.73. The Kier molecular flexibility index (Phi) is 4.79. The molecule has 0 saturated carbocycles. The van der Waals surface area contributed by atoms with Gasteiger partial charge in [0.15, 0.2) is 0 Å². The van der Waals surface area contributed by atoms with Gasteiger partial charge < -0.3 is 11.1 Å². The zero-order valence-electron chi connectivity index (χ0n) is 12.5. The standard InChI is InChI=1S/C16H17N3S3/c1-3-5-12-13(8-10(2)17)21-15-14(12)19-22-16(15)18-9-11-6-4-7-20-11/h4,6-7,10,18H,8-9,17H2,1-2H3/t10-/m0/s1. The van der Waals surface area contributed by atoms with Gasteiger partial charge >= 0.3 is 0 Å². The molecule has 0 aromatic carbocycles. The third-order valence-electron chi connectivity index (χ3n) is 3.15. The Morgan fingerprint density at radius 2 is 2.32 bits per heavy atom. The second kappa shape index (κ2) is 6.80. The van der Waals surface area contributed by atoms with Crippen LogP contribution in [0.2, 0.25) is 0 Å². The van der Waals surface area contributed by atoms with E-state index in [-0.39, 0.29) is 6.04 Å². The van der Waals surface area contributed by atoms with Crippen LogP contribution in [0.1, 0.15) is 29.2 Å². The van der Waals surface area contributed by atoms with Crippen molar-refractivity contribution < 1.29 is 0 Å². The van der Waals surface area contributed by atoms with Crippen molar-refractivity contribution in [1.29, 1.82) is 0 Å². The maximum absolute atomic E-state index is 5.97. The summed E-state index contributed by atoms with van der Waals surface area (Å²) in [5.74, 6) is 6.21. The molecule has 0 aliphatic rings. The van der Waals surface area contributed by atoms with Crippen LogP contribution in [0.15, 0.2) is 17.5 Å². The molecule has 0 spiro atoms. The van der Waals surface area contributed by atoms with Gasteiger partial charge in [-0.1, -0.05) is 12.0 Å². The number of nitrogens with one attached hydrogen (secondary N) is 1. The smallest absolute Gasteiger partial charge is 0.127 e. The van der Waals surface area contributed by atoms with E-state index in [1.54, 1.807) is 22.7 Å². The van der Waals surface area contributed by atoms with Gasteiger partial charge in [0.25, 0.3) is 0 Å². The predicted octanol–water partition coefficient (Wildman–Crippen LogP) is 4.29. The van der Waals surface area contributed by atoms with E-state index >= 15 is 0 Å². The summed E-state index contributed by atoms with van der Waals surface area (Å²) in [6.45, 7) is 4.73. The number of thiophene rings is 2. The molecular formula is C16H17N3S3. The van der Waals surface area contributed by atoms with Gasteiger partial charge in [-0.3, -0.25) is 0 Å². The van der Waals surface area contributed by atoms with E-state index in [0.29, 0.717) is 0 Å². The Bertz CT molecular complexity index is 816. The van der Waals surface area contributed by atoms with Crippen LogP contribution >= 0.6 is 34.2 Å². The summed E-state index contributed by atoms with van der Waals surface area (Å²) < 4.78 is 5.82. The molecule has 3 heterocycles. The van der Waals surface area contributed by atoms with Crippen molar-refractivity contribution in [3.63, 3.8) is 0 Å². The molecule has 0 aliphatic carbocycles. The van der Waals surface area contributed by atoms with Gasteiger partial charge in [0.05, 0.1) is 16.8 Å². The number of aromatic nitrogens is 1. The van der Waals surface area contributed by atoms with E-state index in [1.807, 2.05) is 13.8 Å². The van der Waals surface area contributed by atoms with E-state index in [9.17, 15) is 0 Å². The molecule has 1 atom stereocenters. The molecule has 0 saturated heterocycles. The Morgan fingerprint density at radius 1 is 1.45 bits per heavy atom. The molecule has 22 heavy (non-hydrogen) atoms. The van der Waals surface area contributed by atoms with Gasteiger partial charge in [0.1, 0.15) is 10.5 Å². The highest BCUT2D eigenvalue weighted by atomic mass is 32.1. The average Bonchev–Trinajstić information content (AvgIpc) is 3.16. The molecule has 0 amide bonds. The summed E-state index contributed by atoms with van der Waals surface area (Å²) in [5.41, 5.74) is 8.05. The van der Waals surface area contributed by atoms with Crippen molar-refractivity contribution in [2.75, 3.05) is 5.32 Å². The van der Waals surface area contributed by atoms with Crippen LogP contribution < -0.4 is 11.1 Å². The highest BCUT2D eigenvalue weighted by Gasteiger charge is 2.18. The Morgan fingerprint density at radius 3 is 3.00 bits per heavy atom. The molecular weight excluding hydrogens is 330 g/mol. The third-order valence-corrected chi connectivity index (χ3v) is 6.18. The lowest BCUT2D eigenvalue weighted by atomic mass is 10.1. The molecule has 3 aromatic rings. The summed E-state index contributed by atoms with van der Waals surface area (Å²) in [6.07, 6.45) is 0.847. The first-order valence-corrected chi connectivity index (χ1v) is 9.51. The fourth-order valence-corrected chi connectivity index (χ4v) is 5.10. The summed E-state index contributed by atoms with van der Waals surface area (Å²) in [6, 6.07) is 4.34. The SMILES string of the molecule is CC#Cc1c(C[C@H](C)N)sc2c(NCc3cccs3)snc12. The highest BCUT2D eigenvalue weighted by Crippen LogP contribution is 2.39. The van der Waals surface area contributed by atoms with Crippen LogP contribution in [-0.4, -0.2) is 10.4 Å². The van der Waals surface area contributed by atoms with Crippen LogP contribution in [0.5, 0.6) is 0 Å². The van der Waals surface area contributed by atoms with E-state index in [0.717, 1.165) is 29.0 Å². The largest absolute Gasteiger partial charge is 0.370 e. The minimum absolute atomic E-state index is 0.131. The molecule has 6 heteroatoms. The molecule has 3 aromatic heterocycles. The van der Waals surface area contributed by atoms with Gasteiger partial charge in [0, 0.05) is 15.8 Å². The van der Waals surface area contributed by atoms with Crippen molar-refractivity contribution in [1.82, 2.24) is 4.37 Å². The van der Waals surface area contributed by atoms with Gasteiger partial charge in [-0.05, 0) is 43.2 Å². The predicted molar refractivity (Wildman–Crippen MR) is 99.0 cm³/mol. The van der Waals surface area contributed by atoms with Gasteiger partial charge in [-0.25, -0.2) is 0 Å². The molecule has 3 N–H and O–H groups in total. The van der Waals surface area contributed by atoms with Crippen molar-refractivity contribution in [2.45, 2.75) is 32.9 Å². The number of hydrogen-bond donors (Lipinski definition) is 2. The minimum Gasteiger partial charge on any atom is -0.370 e. The second-order valence-corrected chi connectivity index (χ2v) is 7.99. The fourth-order valence-electron chi connectivity index (χ4n) is 2.23. The fraction of sp³-hybridized carbons (Fsp3) is 0.312. The zero-order chi connectivity index (χ0) is 15.5. The molecule has 0 bridgehead atoms. The maximum Gasteiger partial charge on any atom is 0.127 e. The van der Waals surface area contributed by atoms with E-state index in [2.05, 4.69) is 39.0 Å². The van der Waals surface area contributed by atoms with E-state index in [1.165, 1.54) is 26.0 Å². The monoisotopic (exact) mass is 347 g/mol. The number of fused-ring (bicyclic) bond motifs is 1. The molecule has 0 unspecified atom stereocenters. The van der Waals surface area contributed by atoms with Crippen molar-refractivity contribution in [3.8, 4) is 11.8 Å². The number of nitrogens with two attached hydrogens (primary N) is 1. The van der Waals surface area contributed by atoms with Crippen LogP contribution in [-0.2, 0) is 13.0 Å². The second-order valence-electron chi connectivity index (χ2n) is 5.08. The highest BCUT2D eigenvalue weighted by molar-refractivity contribution is 7.24. The van der Waals surface area contributed by atoms with Gasteiger partial charge in [-0.15, -0.1) is 28.6 Å². The quantitative estimate of drug-likeness (QED) is 0.677. The summed E-state index contributed by atoms with van der Waals surface area (Å²) in [7, 11) is 0. The molecule has 3 rings (SSSR count). The van der Waals surface area contributed by atoms with E-state index in [4.69, 9.17) is 5.73 Å². The maximum atomic E-state index is 5.97. The summed E-state index contributed by atoms with van der Waals surface area (Å²) in [4.78, 5) is 2.57. The molecule has 0 aliphatic heterocycles. The Labute approximate surface area is 142 Å². The van der Waals surface area contributed by atoms with Crippen LogP contribution in [0.25, 0.3) is 10.2 Å². The third kappa shape index (κ3) is 3.18. The number of nitrogens with zero attached hydrogens (tertiary/aromatic N) is 1. The van der Waals surface area contributed by atoms with Crippen LogP contribution in [0.3, 0.4) is 0 Å². The van der Waals surface area contributed by atoms with Crippen molar-refractivity contribution in [2.24, 2.45) is 5.73 Å². The van der Waals surface area contributed by atoms with Gasteiger partial charge in [-0.2, -0.15) is 4.37 Å². The lowest BCUT2D eigenvalue weighted by Gasteiger charge is -2.02. The zero-order valence-corrected chi connectivity index (χ0v) is 14.9. The van der Waals surface area contributed by atoms with Crippen molar-refractivity contribution in [3.05, 3.63) is 32.8 Å². The van der Waals surface area contributed by atoms with Gasteiger partial charge in [0.2, 0.25) is 0 Å². The topological polar surface area (TPSA) is 50.9 Å². The normalized spacial score (nSPS) is 12.1. The number of anilines is 1.